The molecule has 1 atom stereocenters. The number of hydrogen-bond donors (Lipinski definition) is 0. The van der Waals surface area contributed by atoms with Gasteiger partial charge in [0.25, 0.3) is 0 Å². The molecular weight excluding hydrogens is 412 g/mol. The summed E-state index contributed by atoms with van der Waals surface area (Å²) in [5, 5.41) is 0. The summed E-state index contributed by atoms with van der Waals surface area (Å²) < 4.78 is 22.9. The van der Waals surface area contributed by atoms with Gasteiger partial charge in [0, 0.05) is 25.7 Å². The molecule has 0 radical (unpaired) electrons. The average molecular weight is 447 g/mol. The Balaban J connectivity index is 1.47. The lowest BCUT2D eigenvalue weighted by molar-refractivity contribution is 0.0556. The summed E-state index contributed by atoms with van der Waals surface area (Å²) in [5.41, 5.74) is 6.60. The Kier molecular flexibility index (Phi) is 8.16. The van der Waals surface area contributed by atoms with Crippen LogP contribution in [0.2, 0.25) is 0 Å². The minimum Gasteiger partial charge on any atom is -0.491 e. The maximum Gasteiger partial charge on any atom is 0.119 e. The molecule has 3 aromatic carbocycles. The molecular formula is C29H34O4. The van der Waals surface area contributed by atoms with Gasteiger partial charge in [-0.1, -0.05) is 66.2 Å². The highest BCUT2D eigenvalue weighted by Gasteiger charge is 2.42. The van der Waals surface area contributed by atoms with Gasteiger partial charge in [0.1, 0.15) is 12.4 Å². The first-order valence-electron chi connectivity index (χ1n) is 11.8. The summed E-state index contributed by atoms with van der Waals surface area (Å²) in [6, 6.07) is 25.5. The highest BCUT2D eigenvalue weighted by atomic mass is 16.5. The van der Waals surface area contributed by atoms with Crippen LogP contribution in [-0.4, -0.2) is 46.8 Å². The molecule has 3 aromatic rings. The summed E-state index contributed by atoms with van der Waals surface area (Å²) in [6.07, 6.45) is 1.81. The molecule has 4 rings (SSSR count). The molecule has 0 bridgehead atoms. The van der Waals surface area contributed by atoms with Gasteiger partial charge < -0.3 is 18.9 Å². The topological polar surface area (TPSA) is 36.9 Å². The highest BCUT2D eigenvalue weighted by molar-refractivity contribution is 5.81. The lowest BCUT2D eigenvalue weighted by Gasteiger charge is -2.32. The quantitative estimate of drug-likeness (QED) is 0.311. The molecule has 0 N–H and O–H groups in total. The maximum absolute atomic E-state index is 6.06. The molecule has 0 saturated heterocycles. The zero-order valence-electron chi connectivity index (χ0n) is 19.7. The maximum atomic E-state index is 6.06. The summed E-state index contributed by atoms with van der Waals surface area (Å²) in [6.45, 7) is 5.85. The van der Waals surface area contributed by atoms with Crippen LogP contribution in [0.15, 0.2) is 72.8 Å². The number of aryl methyl sites for hydroxylation is 1. The Hall–Kier alpha value is -2.66. The van der Waals surface area contributed by atoms with Crippen LogP contribution in [0.25, 0.3) is 11.1 Å². The van der Waals surface area contributed by atoms with Crippen LogP contribution in [0.1, 0.15) is 29.5 Å². The number of rotatable bonds is 13. The van der Waals surface area contributed by atoms with Crippen molar-refractivity contribution in [3.05, 3.63) is 89.5 Å². The van der Waals surface area contributed by atoms with E-state index in [1.54, 1.807) is 7.11 Å². The van der Waals surface area contributed by atoms with Crippen molar-refractivity contribution in [3.63, 3.8) is 0 Å². The number of para-hydroxylation sites is 1. The fourth-order valence-electron chi connectivity index (χ4n) is 4.81. The van der Waals surface area contributed by atoms with Crippen LogP contribution in [0.5, 0.6) is 5.75 Å². The minimum absolute atomic E-state index is 0.120. The van der Waals surface area contributed by atoms with Crippen LogP contribution in [0, 0.1) is 6.92 Å². The van der Waals surface area contributed by atoms with E-state index in [9.17, 15) is 0 Å². The number of methoxy groups -OCH3 is 1. The third-order valence-corrected chi connectivity index (χ3v) is 6.44. The zero-order chi connectivity index (χ0) is 22.9. The van der Waals surface area contributed by atoms with Gasteiger partial charge in [0.15, 0.2) is 0 Å². The van der Waals surface area contributed by atoms with Gasteiger partial charge in [-0.3, -0.25) is 0 Å². The molecule has 4 heteroatoms. The predicted molar refractivity (Wildman–Crippen MR) is 132 cm³/mol. The molecule has 0 aliphatic heterocycles. The largest absolute Gasteiger partial charge is 0.491 e. The van der Waals surface area contributed by atoms with Crippen molar-refractivity contribution >= 4 is 0 Å². The Morgan fingerprint density at radius 2 is 1.30 bits per heavy atom. The smallest absolute Gasteiger partial charge is 0.119 e. The van der Waals surface area contributed by atoms with E-state index in [0.29, 0.717) is 39.6 Å². The first-order chi connectivity index (χ1) is 16.2. The van der Waals surface area contributed by atoms with E-state index in [1.165, 1.54) is 27.8 Å². The fraction of sp³-hybridized carbons (Fsp3) is 0.379. The van der Waals surface area contributed by atoms with Crippen LogP contribution < -0.4 is 4.74 Å². The Morgan fingerprint density at radius 3 is 2.06 bits per heavy atom. The SMILES string of the molecule is COCCOCCC1(CCOCCOc2ccccc2)c2ccccc2-c2ccc(C)cc21. The minimum atomic E-state index is -0.120. The first-order valence-corrected chi connectivity index (χ1v) is 11.8. The lowest BCUT2D eigenvalue weighted by Crippen LogP contribution is -2.29. The first kappa shape index (κ1) is 23.5. The van der Waals surface area contributed by atoms with E-state index in [4.69, 9.17) is 18.9 Å². The van der Waals surface area contributed by atoms with E-state index in [-0.39, 0.29) is 5.41 Å². The molecule has 0 spiro atoms. The van der Waals surface area contributed by atoms with Gasteiger partial charge in [-0.25, -0.2) is 0 Å². The van der Waals surface area contributed by atoms with E-state index >= 15 is 0 Å². The zero-order valence-corrected chi connectivity index (χ0v) is 19.7. The van der Waals surface area contributed by atoms with Crippen molar-refractivity contribution in [2.45, 2.75) is 25.2 Å². The van der Waals surface area contributed by atoms with Crippen molar-refractivity contribution in [1.29, 1.82) is 0 Å². The molecule has 0 amide bonds. The Bertz CT molecular complexity index is 1020. The number of fused-ring (bicyclic) bond motifs is 3. The van der Waals surface area contributed by atoms with Crippen molar-refractivity contribution in [1.82, 2.24) is 0 Å². The van der Waals surface area contributed by atoms with Crippen molar-refractivity contribution in [2.24, 2.45) is 0 Å². The number of ether oxygens (including phenoxy) is 4. The van der Waals surface area contributed by atoms with E-state index in [1.807, 2.05) is 30.3 Å². The summed E-state index contributed by atoms with van der Waals surface area (Å²) >= 11 is 0. The van der Waals surface area contributed by atoms with Gasteiger partial charge in [-0.15, -0.1) is 0 Å². The summed E-state index contributed by atoms with van der Waals surface area (Å²) in [4.78, 5) is 0. The summed E-state index contributed by atoms with van der Waals surface area (Å²) in [5.74, 6) is 0.875. The van der Waals surface area contributed by atoms with E-state index in [2.05, 4.69) is 49.4 Å². The van der Waals surface area contributed by atoms with Gasteiger partial charge >= 0.3 is 0 Å². The molecule has 1 aliphatic carbocycles. The molecule has 0 saturated carbocycles. The summed E-state index contributed by atoms with van der Waals surface area (Å²) in [7, 11) is 1.70. The second-order valence-electron chi connectivity index (χ2n) is 8.56. The van der Waals surface area contributed by atoms with Crippen LogP contribution in [0.3, 0.4) is 0 Å². The van der Waals surface area contributed by atoms with Gasteiger partial charge in [0.2, 0.25) is 0 Å². The van der Waals surface area contributed by atoms with Gasteiger partial charge in [0.05, 0.1) is 19.8 Å². The predicted octanol–water partition coefficient (Wildman–Crippen LogP) is 5.80. The van der Waals surface area contributed by atoms with Crippen LogP contribution in [-0.2, 0) is 19.6 Å². The Morgan fingerprint density at radius 1 is 0.636 bits per heavy atom. The molecule has 174 valence electrons. The lowest BCUT2D eigenvalue weighted by atomic mass is 9.73. The molecule has 33 heavy (non-hydrogen) atoms. The number of hydrogen-bond acceptors (Lipinski definition) is 4. The Labute approximate surface area is 197 Å². The van der Waals surface area contributed by atoms with E-state index < -0.39 is 0 Å². The molecule has 1 unspecified atom stereocenters. The van der Waals surface area contributed by atoms with Crippen molar-refractivity contribution < 1.29 is 18.9 Å². The third-order valence-electron chi connectivity index (χ3n) is 6.44. The molecule has 4 nitrogen and oxygen atoms in total. The van der Waals surface area contributed by atoms with Crippen LogP contribution in [0.4, 0.5) is 0 Å². The molecule has 1 aliphatic rings. The second kappa shape index (κ2) is 11.5. The average Bonchev–Trinajstić information content (AvgIpc) is 3.11. The monoisotopic (exact) mass is 446 g/mol. The number of benzene rings is 3. The molecule has 0 aromatic heterocycles. The van der Waals surface area contributed by atoms with E-state index in [0.717, 1.165) is 18.6 Å². The highest BCUT2D eigenvalue weighted by Crippen LogP contribution is 2.52. The molecule has 0 heterocycles. The van der Waals surface area contributed by atoms with Crippen molar-refractivity contribution in [3.8, 4) is 16.9 Å². The normalized spacial score (nSPS) is 16.4. The molecule has 0 fully saturated rings. The third kappa shape index (κ3) is 5.47. The van der Waals surface area contributed by atoms with Gasteiger partial charge in [-0.05, 0) is 54.2 Å². The fourth-order valence-corrected chi connectivity index (χ4v) is 4.81. The van der Waals surface area contributed by atoms with Crippen molar-refractivity contribution in [2.75, 3.05) is 46.8 Å². The van der Waals surface area contributed by atoms with Crippen LogP contribution >= 0.6 is 0 Å². The standard InChI is InChI=1S/C29H34O4/c1-23-12-13-26-25-10-6-7-11-27(25)29(28(26)22-23,14-16-31-19-18-30-2)15-17-32-20-21-33-24-8-4-3-5-9-24/h3-13,22H,14-21H2,1-2H3. The second-order valence-corrected chi connectivity index (χ2v) is 8.56. The van der Waals surface area contributed by atoms with Gasteiger partial charge in [-0.2, -0.15) is 0 Å².